The molecular weight excluding hydrogens is 378 g/mol. The molecule has 6 heteroatoms. The molecule has 0 radical (unpaired) electrons. The number of likely N-dealkylation sites (tertiary alicyclic amines) is 1. The lowest BCUT2D eigenvalue weighted by Crippen LogP contribution is -2.42. The van der Waals surface area contributed by atoms with Crippen LogP contribution in [0.25, 0.3) is 0 Å². The Morgan fingerprint density at radius 3 is 2.40 bits per heavy atom. The Hall–Kier alpha value is -2.08. The molecule has 0 N–H and O–H groups in total. The van der Waals surface area contributed by atoms with Crippen LogP contribution in [0.1, 0.15) is 64.5 Å². The minimum atomic E-state index is -0.567. The van der Waals surface area contributed by atoms with Crippen LogP contribution in [0.2, 0.25) is 0 Å². The highest BCUT2D eigenvalue weighted by molar-refractivity contribution is 5.78. The molecule has 1 aromatic carbocycles. The maximum Gasteiger partial charge on any atom is 0.410 e. The molecule has 1 atom stereocenters. The molecule has 2 heterocycles. The lowest BCUT2D eigenvalue weighted by atomic mass is 10.1. The van der Waals surface area contributed by atoms with E-state index in [0.717, 1.165) is 25.1 Å². The van der Waals surface area contributed by atoms with E-state index in [2.05, 4.69) is 4.90 Å². The number of carbonyl (C=O) groups is 2. The van der Waals surface area contributed by atoms with Gasteiger partial charge in [-0.25, -0.2) is 4.79 Å². The van der Waals surface area contributed by atoms with Gasteiger partial charge in [0.25, 0.3) is 0 Å². The van der Waals surface area contributed by atoms with Crippen LogP contribution in [0, 0.1) is 0 Å². The van der Waals surface area contributed by atoms with Crippen molar-refractivity contribution in [3.63, 3.8) is 0 Å². The number of hydrogen-bond acceptors (Lipinski definition) is 4. The van der Waals surface area contributed by atoms with Gasteiger partial charge in [-0.1, -0.05) is 36.8 Å². The Morgan fingerprint density at radius 2 is 1.73 bits per heavy atom. The molecule has 2 aliphatic rings. The van der Waals surface area contributed by atoms with Crippen LogP contribution < -0.4 is 0 Å². The zero-order valence-corrected chi connectivity index (χ0v) is 18.8. The van der Waals surface area contributed by atoms with Crippen LogP contribution in [0.3, 0.4) is 0 Å². The Morgan fingerprint density at radius 1 is 1.03 bits per heavy atom. The van der Waals surface area contributed by atoms with E-state index in [1.165, 1.54) is 32.4 Å². The van der Waals surface area contributed by atoms with Gasteiger partial charge >= 0.3 is 6.09 Å². The number of amides is 2. The van der Waals surface area contributed by atoms with Crippen molar-refractivity contribution in [2.45, 2.75) is 64.5 Å². The maximum atomic E-state index is 13.0. The topological polar surface area (TPSA) is 53.1 Å². The van der Waals surface area contributed by atoms with E-state index in [1.54, 1.807) is 4.90 Å². The summed E-state index contributed by atoms with van der Waals surface area (Å²) in [6.45, 7) is 10.6. The minimum absolute atomic E-state index is 0.126. The second-order valence-corrected chi connectivity index (χ2v) is 9.45. The molecule has 0 bridgehead atoms. The van der Waals surface area contributed by atoms with Gasteiger partial charge in [0.05, 0.1) is 6.04 Å². The number of ether oxygens (including phenoxy) is 1. The first-order chi connectivity index (χ1) is 14.3. The fourth-order valence-electron chi connectivity index (χ4n) is 4.32. The molecule has 0 spiro atoms. The van der Waals surface area contributed by atoms with E-state index in [9.17, 15) is 9.59 Å². The lowest BCUT2D eigenvalue weighted by molar-refractivity contribution is -0.130. The summed E-state index contributed by atoms with van der Waals surface area (Å²) in [5, 5.41) is 0. The number of carbonyl (C=O) groups excluding carboxylic acids is 2. The zero-order chi connectivity index (χ0) is 21.6. The first-order valence-electron chi connectivity index (χ1n) is 11.4. The third-order valence-electron chi connectivity index (χ3n) is 5.85. The minimum Gasteiger partial charge on any atom is -0.444 e. The molecule has 2 aliphatic heterocycles. The highest BCUT2D eigenvalue weighted by Crippen LogP contribution is 2.27. The summed E-state index contributed by atoms with van der Waals surface area (Å²) in [5.74, 6) is 0.126. The highest BCUT2D eigenvalue weighted by Gasteiger charge is 2.35. The first kappa shape index (κ1) is 22.6. The van der Waals surface area contributed by atoms with Crippen molar-refractivity contribution in [2.75, 3.05) is 39.3 Å². The predicted octanol–water partition coefficient (Wildman–Crippen LogP) is 4.07. The van der Waals surface area contributed by atoms with Gasteiger partial charge in [-0.15, -0.1) is 0 Å². The van der Waals surface area contributed by atoms with Crippen molar-refractivity contribution in [1.29, 1.82) is 0 Å². The van der Waals surface area contributed by atoms with Gasteiger partial charge in [0, 0.05) is 26.1 Å². The predicted molar refractivity (Wildman–Crippen MR) is 118 cm³/mol. The zero-order valence-electron chi connectivity index (χ0n) is 18.8. The largest absolute Gasteiger partial charge is 0.444 e. The second-order valence-electron chi connectivity index (χ2n) is 9.45. The summed E-state index contributed by atoms with van der Waals surface area (Å²) >= 11 is 0. The van der Waals surface area contributed by atoms with Crippen molar-refractivity contribution in [3.05, 3.63) is 35.9 Å². The average molecular weight is 416 g/mol. The van der Waals surface area contributed by atoms with E-state index in [-0.39, 0.29) is 18.0 Å². The third kappa shape index (κ3) is 6.46. The number of nitrogens with zero attached hydrogens (tertiary/aromatic N) is 3. The van der Waals surface area contributed by atoms with E-state index >= 15 is 0 Å². The molecule has 3 rings (SSSR count). The number of piperidine rings is 1. The SMILES string of the molecule is CC(C)(C)OC(=O)N1CCC(=O)N(CCCN2CCCCC2)CC1c1ccccc1. The Labute approximate surface area is 181 Å². The molecule has 1 unspecified atom stereocenters. The summed E-state index contributed by atoms with van der Waals surface area (Å²) in [6, 6.07) is 9.81. The molecular formula is C24H37N3O3. The van der Waals surface area contributed by atoms with E-state index in [1.807, 2.05) is 56.0 Å². The molecule has 2 fully saturated rings. The van der Waals surface area contributed by atoms with Gasteiger partial charge in [0.1, 0.15) is 5.60 Å². The fourth-order valence-corrected chi connectivity index (χ4v) is 4.32. The molecule has 166 valence electrons. The highest BCUT2D eigenvalue weighted by atomic mass is 16.6. The fraction of sp³-hybridized carbons (Fsp3) is 0.667. The molecule has 0 aromatic heterocycles. The lowest BCUT2D eigenvalue weighted by Gasteiger charge is -2.34. The molecule has 1 aromatic rings. The van der Waals surface area contributed by atoms with Crippen LogP contribution in [-0.4, -0.2) is 71.6 Å². The summed E-state index contributed by atoms with van der Waals surface area (Å²) in [4.78, 5) is 32.0. The van der Waals surface area contributed by atoms with Crippen LogP contribution in [0.4, 0.5) is 4.79 Å². The Balaban J connectivity index is 1.70. The number of rotatable bonds is 5. The van der Waals surface area contributed by atoms with Gasteiger partial charge in [0.2, 0.25) is 5.91 Å². The molecule has 2 amide bonds. The van der Waals surface area contributed by atoms with Crippen molar-refractivity contribution < 1.29 is 14.3 Å². The van der Waals surface area contributed by atoms with Crippen molar-refractivity contribution in [3.8, 4) is 0 Å². The van der Waals surface area contributed by atoms with Gasteiger partial charge in [-0.2, -0.15) is 0 Å². The van der Waals surface area contributed by atoms with Gasteiger partial charge in [0.15, 0.2) is 0 Å². The molecule has 30 heavy (non-hydrogen) atoms. The molecule has 6 nitrogen and oxygen atoms in total. The van der Waals surface area contributed by atoms with Crippen LogP contribution in [-0.2, 0) is 9.53 Å². The van der Waals surface area contributed by atoms with Gasteiger partial charge in [-0.05, 0) is 65.2 Å². The third-order valence-corrected chi connectivity index (χ3v) is 5.85. The summed E-state index contributed by atoms with van der Waals surface area (Å²) < 4.78 is 5.67. The Kier molecular flexibility index (Phi) is 7.75. The van der Waals surface area contributed by atoms with Gasteiger partial charge in [-0.3, -0.25) is 9.69 Å². The average Bonchev–Trinajstić information content (AvgIpc) is 2.88. The quantitative estimate of drug-likeness (QED) is 0.727. The first-order valence-corrected chi connectivity index (χ1v) is 11.4. The normalized spacial score (nSPS) is 21.4. The Bertz CT molecular complexity index is 695. The van der Waals surface area contributed by atoms with E-state index in [4.69, 9.17) is 4.74 Å². The van der Waals surface area contributed by atoms with Crippen LogP contribution in [0.5, 0.6) is 0 Å². The molecule has 2 saturated heterocycles. The van der Waals surface area contributed by atoms with Crippen LogP contribution in [0.15, 0.2) is 30.3 Å². The van der Waals surface area contributed by atoms with Crippen LogP contribution >= 0.6 is 0 Å². The summed E-state index contributed by atoms with van der Waals surface area (Å²) in [7, 11) is 0. The van der Waals surface area contributed by atoms with Crippen molar-refractivity contribution in [2.24, 2.45) is 0 Å². The van der Waals surface area contributed by atoms with Crippen molar-refractivity contribution in [1.82, 2.24) is 14.7 Å². The monoisotopic (exact) mass is 415 g/mol. The number of benzene rings is 1. The summed E-state index contributed by atoms with van der Waals surface area (Å²) in [6.07, 6.45) is 4.86. The molecule has 0 saturated carbocycles. The van der Waals surface area contributed by atoms with Gasteiger partial charge < -0.3 is 14.5 Å². The number of hydrogen-bond donors (Lipinski definition) is 0. The van der Waals surface area contributed by atoms with E-state index in [0.29, 0.717) is 19.5 Å². The smallest absolute Gasteiger partial charge is 0.410 e. The maximum absolute atomic E-state index is 13.0. The standard InChI is InChI=1S/C24H37N3O3/c1-24(2,3)30-23(29)27-18-13-22(28)26(17-10-16-25-14-8-5-9-15-25)19-21(27)20-11-6-4-7-12-20/h4,6-7,11-12,21H,5,8-10,13-19H2,1-3H3. The molecule has 0 aliphatic carbocycles. The summed E-state index contributed by atoms with van der Waals surface area (Å²) in [5.41, 5.74) is 0.474. The van der Waals surface area contributed by atoms with E-state index < -0.39 is 5.60 Å². The second kappa shape index (κ2) is 10.3. The van der Waals surface area contributed by atoms with Crippen molar-refractivity contribution >= 4 is 12.0 Å².